The number of carboxylic acid groups (broad SMARTS) is 1. The lowest BCUT2D eigenvalue weighted by Gasteiger charge is -2.06. The second kappa shape index (κ2) is 7.77. The van der Waals surface area contributed by atoms with Crippen LogP contribution in [0, 0.1) is 5.41 Å². The van der Waals surface area contributed by atoms with E-state index >= 15 is 0 Å². The van der Waals surface area contributed by atoms with Gasteiger partial charge in [0.15, 0.2) is 0 Å². The highest BCUT2D eigenvalue weighted by molar-refractivity contribution is 7.22. The standard InChI is InChI=1S/C20H18N2O5S/c1-3-22-10-14(19(24)25)16(23)15-13(9-21)17(28-18(15)22)11-5-7-12(8-6-11)20(26)27-4-2/h5-10,21H,3-4H2,1-2H3,(H,24,25). The average molecular weight is 398 g/mol. The van der Waals surface area contributed by atoms with Crippen LogP contribution in [0.5, 0.6) is 0 Å². The van der Waals surface area contributed by atoms with E-state index in [1.54, 1.807) is 35.8 Å². The van der Waals surface area contributed by atoms with Gasteiger partial charge in [-0.15, -0.1) is 11.3 Å². The smallest absolute Gasteiger partial charge is 0.341 e. The maximum absolute atomic E-state index is 12.7. The Morgan fingerprint density at radius 1 is 1.25 bits per heavy atom. The number of pyridine rings is 1. The minimum absolute atomic E-state index is 0.228. The van der Waals surface area contributed by atoms with Gasteiger partial charge in [0.25, 0.3) is 0 Å². The lowest BCUT2D eigenvalue weighted by Crippen LogP contribution is -2.18. The number of carbonyl (C=O) groups excluding carboxylic acids is 1. The minimum Gasteiger partial charge on any atom is -0.477 e. The molecule has 28 heavy (non-hydrogen) atoms. The molecular formula is C20H18N2O5S. The van der Waals surface area contributed by atoms with Crippen LogP contribution < -0.4 is 5.43 Å². The summed E-state index contributed by atoms with van der Waals surface area (Å²) in [4.78, 5) is 37.3. The van der Waals surface area contributed by atoms with Gasteiger partial charge in [-0.05, 0) is 31.5 Å². The van der Waals surface area contributed by atoms with Crippen LogP contribution in [0.25, 0.3) is 20.7 Å². The number of aromatic nitrogens is 1. The zero-order chi connectivity index (χ0) is 20.4. The number of benzene rings is 1. The van der Waals surface area contributed by atoms with Crippen molar-refractivity contribution in [1.29, 1.82) is 5.41 Å². The van der Waals surface area contributed by atoms with Gasteiger partial charge in [0.2, 0.25) is 5.43 Å². The van der Waals surface area contributed by atoms with Crippen molar-refractivity contribution in [2.24, 2.45) is 0 Å². The number of thiophene rings is 1. The number of hydrogen-bond donors (Lipinski definition) is 2. The number of hydrogen-bond acceptors (Lipinski definition) is 6. The second-order valence-electron chi connectivity index (χ2n) is 5.93. The van der Waals surface area contributed by atoms with Crippen LogP contribution in [-0.2, 0) is 11.3 Å². The van der Waals surface area contributed by atoms with E-state index in [1.165, 1.54) is 17.5 Å². The molecule has 0 spiro atoms. The fraction of sp³-hybridized carbons (Fsp3) is 0.200. The van der Waals surface area contributed by atoms with Gasteiger partial charge in [-0.2, -0.15) is 0 Å². The van der Waals surface area contributed by atoms with E-state index in [0.717, 1.165) is 11.8 Å². The van der Waals surface area contributed by atoms with Gasteiger partial charge >= 0.3 is 11.9 Å². The number of aryl methyl sites for hydroxylation is 1. The molecular weight excluding hydrogens is 380 g/mol. The number of nitrogens with zero attached hydrogens (tertiary/aromatic N) is 1. The van der Waals surface area contributed by atoms with E-state index < -0.39 is 17.4 Å². The molecule has 2 N–H and O–H groups in total. The molecule has 0 radical (unpaired) electrons. The van der Waals surface area contributed by atoms with Crippen molar-refractivity contribution < 1.29 is 19.4 Å². The molecule has 8 heteroatoms. The average Bonchev–Trinajstić information content (AvgIpc) is 3.08. The van der Waals surface area contributed by atoms with Crippen molar-refractivity contribution in [1.82, 2.24) is 4.57 Å². The SMILES string of the molecule is CCOC(=O)c1ccc(-c2sc3c(c2C=N)c(=O)c(C(=O)O)cn3CC)cc1. The normalized spacial score (nSPS) is 10.8. The van der Waals surface area contributed by atoms with Crippen LogP contribution in [0.1, 0.15) is 40.1 Å². The van der Waals surface area contributed by atoms with Crippen LogP contribution in [-0.4, -0.2) is 34.4 Å². The number of fused-ring (bicyclic) bond motifs is 1. The molecule has 0 bridgehead atoms. The summed E-state index contributed by atoms with van der Waals surface area (Å²) >= 11 is 1.31. The maximum atomic E-state index is 12.7. The summed E-state index contributed by atoms with van der Waals surface area (Å²) in [6, 6.07) is 6.70. The predicted octanol–water partition coefficient (Wildman–Crippen LogP) is 3.62. The zero-order valence-corrected chi connectivity index (χ0v) is 16.1. The van der Waals surface area contributed by atoms with Crippen LogP contribution in [0.4, 0.5) is 0 Å². The first-order chi connectivity index (χ1) is 13.4. The summed E-state index contributed by atoms with van der Waals surface area (Å²) < 4.78 is 6.68. The molecule has 3 aromatic rings. The van der Waals surface area contributed by atoms with E-state index in [9.17, 15) is 19.5 Å². The minimum atomic E-state index is -1.29. The Kier molecular flexibility index (Phi) is 5.41. The summed E-state index contributed by atoms with van der Waals surface area (Å²) in [5.74, 6) is -1.72. The van der Waals surface area contributed by atoms with Gasteiger partial charge in [0.1, 0.15) is 10.4 Å². The fourth-order valence-corrected chi connectivity index (χ4v) is 4.29. The predicted molar refractivity (Wildman–Crippen MR) is 108 cm³/mol. The number of esters is 1. The highest BCUT2D eigenvalue weighted by Gasteiger charge is 2.22. The summed E-state index contributed by atoms with van der Waals surface area (Å²) in [5.41, 5.74) is 0.589. The van der Waals surface area contributed by atoms with Crippen molar-refractivity contribution in [3.05, 3.63) is 57.4 Å². The maximum Gasteiger partial charge on any atom is 0.341 e. The molecule has 0 amide bonds. The molecule has 1 aromatic carbocycles. The fourth-order valence-electron chi connectivity index (χ4n) is 2.97. The van der Waals surface area contributed by atoms with Gasteiger partial charge in [-0.1, -0.05) is 12.1 Å². The Morgan fingerprint density at radius 3 is 2.46 bits per heavy atom. The number of carboxylic acids is 1. The van der Waals surface area contributed by atoms with E-state index in [0.29, 0.717) is 27.4 Å². The number of carbonyl (C=O) groups is 2. The lowest BCUT2D eigenvalue weighted by molar-refractivity contribution is 0.0526. The second-order valence-corrected chi connectivity index (χ2v) is 6.93. The van der Waals surface area contributed by atoms with Gasteiger partial charge in [0, 0.05) is 29.4 Å². The number of ether oxygens (including phenoxy) is 1. The number of nitrogens with one attached hydrogen (secondary N) is 1. The van der Waals surface area contributed by atoms with Crippen LogP contribution in [0.2, 0.25) is 0 Å². The van der Waals surface area contributed by atoms with Gasteiger partial charge in [-0.25, -0.2) is 9.59 Å². The van der Waals surface area contributed by atoms with E-state index in [2.05, 4.69) is 0 Å². The van der Waals surface area contributed by atoms with E-state index in [4.69, 9.17) is 10.1 Å². The third-order valence-electron chi connectivity index (χ3n) is 4.32. The van der Waals surface area contributed by atoms with Crippen LogP contribution in [0.3, 0.4) is 0 Å². The molecule has 0 unspecified atom stereocenters. The Morgan fingerprint density at radius 2 is 1.93 bits per heavy atom. The van der Waals surface area contributed by atoms with Gasteiger partial charge < -0.3 is 19.8 Å². The Labute approximate surface area is 164 Å². The summed E-state index contributed by atoms with van der Waals surface area (Å²) in [6.45, 7) is 4.35. The lowest BCUT2D eigenvalue weighted by atomic mass is 10.0. The molecule has 0 aliphatic heterocycles. The van der Waals surface area contributed by atoms with Crippen molar-refractivity contribution in [3.8, 4) is 10.4 Å². The molecule has 144 valence electrons. The molecule has 2 aromatic heterocycles. The molecule has 7 nitrogen and oxygen atoms in total. The summed E-state index contributed by atoms with van der Waals surface area (Å²) in [5, 5.41) is 17.4. The van der Waals surface area contributed by atoms with E-state index in [-0.39, 0.29) is 17.6 Å². The molecule has 0 fully saturated rings. The highest BCUT2D eigenvalue weighted by atomic mass is 32.1. The quantitative estimate of drug-likeness (QED) is 0.487. The Hall–Kier alpha value is -3.26. The highest BCUT2D eigenvalue weighted by Crippen LogP contribution is 2.36. The van der Waals surface area contributed by atoms with Gasteiger partial charge in [-0.3, -0.25) is 4.79 Å². The topological polar surface area (TPSA) is 109 Å². The first-order valence-electron chi connectivity index (χ1n) is 8.64. The summed E-state index contributed by atoms with van der Waals surface area (Å²) in [7, 11) is 0. The summed E-state index contributed by atoms with van der Waals surface area (Å²) in [6.07, 6.45) is 2.41. The van der Waals surface area contributed by atoms with Gasteiger partial charge in [0.05, 0.1) is 17.6 Å². The third-order valence-corrected chi connectivity index (χ3v) is 5.61. The Balaban J connectivity index is 2.24. The van der Waals surface area contributed by atoms with Crippen LogP contribution in [0.15, 0.2) is 35.3 Å². The first-order valence-corrected chi connectivity index (χ1v) is 9.45. The molecule has 3 rings (SSSR count). The molecule has 2 heterocycles. The molecule has 0 saturated carbocycles. The largest absolute Gasteiger partial charge is 0.477 e. The molecule has 0 atom stereocenters. The molecule has 0 saturated heterocycles. The zero-order valence-electron chi connectivity index (χ0n) is 15.3. The van der Waals surface area contributed by atoms with Crippen molar-refractivity contribution >= 4 is 39.7 Å². The third kappa shape index (κ3) is 3.22. The van der Waals surface area contributed by atoms with E-state index in [1.807, 2.05) is 6.92 Å². The number of aromatic carboxylic acids is 1. The molecule has 0 aliphatic carbocycles. The van der Waals surface area contributed by atoms with Crippen molar-refractivity contribution in [2.45, 2.75) is 20.4 Å². The van der Waals surface area contributed by atoms with Crippen molar-refractivity contribution in [2.75, 3.05) is 6.61 Å². The monoisotopic (exact) mass is 398 g/mol. The van der Waals surface area contributed by atoms with Crippen molar-refractivity contribution in [3.63, 3.8) is 0 Å². The van der Waals surface area contributed by atoms with Crippen LogP contribution >= 0.6 is 11.3 Å². The molecule has 0 aliphatic rings. The first kappa shape index (κ1) is 19.5. The number of rotatable bonds is 6. The Bertz CT molecular complexity index is 1140.